The summed E-state index contributed by atoms with van der Waals surface area (Å²) < 4.78 is 4.69. The third kappa shape index (κ3) is 6.30. The van der Waals surface area contributed by atoms with Crippen molar-refractivity contribution >= 4 is 27.5 Å². The quantitative estimate of drug-likeness (QED) is 0.441. The Hall–Kier alpha value is -1.92. The summed E-state index contributed by atoms with van der Waals surface area (Å²) in [6.07, 6.45) is 0. The summed E-state index contributed by atoms with van der Waals surface area (Å²) >= 11 is -2.06. The van der Waals surface area contributed by atoms with Crippen molar-refractivity contribution in [1.29, 1.82) is 0 Å². The molecular formula is C27H36GeN3. The Kier molecular flexibility index (Phi) is 8.50. The third-order valence-electron chi connectivity index (χ3n) is 5.32. The van der Waals surface area contributed by atoms with E-state index in [1.54, 1.807) is 13.2 Å². The maximum atomic E-state index is 2.40. The molecule has 0 saturated carbocycles. The molecule has 3 nitrogen and oxygen atoms in total. The van der Waals surface area contributed by atoms with Crippen molar-refractivity contribution in [2.45, 2.75) is 19.6 Å². The summed E-state index contributed by atoms with van der Waals surface area (Å²) in [7, 11) is 13.0. The Morgan fingerprint density at radius 1 is 0.452 bits per heavy atom. The normalized spacial score (nSPS) is 11.8. The number of nitrogens with zero attached hydrogens (tertiary/aromatic N) is 3. The van der Waals surface area contributed by atoms with Crippen molar-refractivity contribution in [2.24, 2.45) is 0 Å². The Balaban J connectivity index is 2.26. The van der Waals surface area contributed by atoms with Crippen LogP contribution in [0.2, 0.25) is 0 Å². The standard InChI is InChI=1S/C27H36GeN3/c1-29(2)19-22-13-7-10-16-25(22)28(26-17-11-8-14-23(26)20-30(3)4)27-18-12-9-15-24(27)21-31(5)6/h7-18H,19-21H2,1-6H3. The third-order valence-corrected chi connectivity index (χ3v) is 11.8. The molecule has 0 aliphatic heterocycles. The Morgan fingerprint density at radius 2 is 0.710 bits per heavy atom. The molecule has 3 aromatic rings. The zero-order valence-electron chi connectivity index (χ0n) is 19.9. The van der Waals surface area contributed by atoms with Crippen molar-refractivity contribution < 1.29 is 0 Å². The molecule has 0 aliphatic carbocycles. The van der Waals surface area contributed by atoms with Gasteiger partial charge in [-0.05, 0) is 0 Å². The van der Waals surface area contributed by atoms with Gasteiger partial charge in [-0.3, -0.25) is 0 Å². The van der Waals surface area contributed by atoms with Crippen LogP contribution in [0.5, 0.6) is 0 Å². The van der Waals surface area contributed by atoms with E-state index in [2.05, 4.69) is 130 Å². The van der Waals surface area contributed by atoms with E-state index in [4.69, 9.17) is 0 Å². The SMILES string of the molecule is CN(C)Cc1cccc[c]1[Ge]([c]1ccccc1CN(C)C)[c]1ccccc1CN(C)C. The molecule has 0 atom stereocenters. The van der Waals surface area contributed by atoms with Crippen molar-refractivity contribution in [2.75, 3.05) is 42.3 Å². The Bertz CT molecular complexity index is 854. The molecular weight excluding hydrogens is 439 g/mol. The molecule has 3 rings (SSSR count). The van der Waals surface area contributed by atoms with Gasteiger partial charge in [-0.25, -0.2) is 0 Å². The van der Waals surface area contributed by atoms with Crippen LogP contribution in [0.25, 0.3) is 0 Å². The Labute approximate surface area is 193 Å². The van der Waals surface area contributed by atoms with E-state index in [9.17, 15) is 0 Å². The summed E-state index contributed by atoms with van der Waals surface area (Å²) in [5, 5.41) is 0. The minimum absolute atomic E-state index is 0.971. The van der Waals surface area contributed by atoms with Crippen molar-refractivity contribution in [3.05, 3.63) is 89.5 Å². The fraction of sp³-hybridized carbons (Fsp3) is 0.333. The van der Waals surface area contributed by atoms with Crippen molar-refractivity contribution in [1.82, 2.24) is 14.7 Å². The summed E-state index contributed by atoms with van der Waals surface area (Å²) in [6.45, 7) is 2.91. The first kappa shape index (κ1) is 23.7. The zero-order chi connectivity index (χ0) is 22.4. The zero-order valence-corrected chi connectivity index (χ0v) is 22.0. The molecule has 0 N–H and O–H groups in total. The fourth-order valence-electron chi connectivity index (χ4n) is 4.16. The monoisotopic (exact) mass is 476 g/mol. The fourth-order valence-corrected chi connectivity index (χ4v) is 10.7. The van der Waals surface area contributed by atoms with E-state index in [1.165, 1.54) is 16.7 Å². The average Bonchev–Trinajstić information content (AvgIpc) is 2.70. The second-order valence-corrected chi connectivity index (χ2v) is 14.0. The number of rotatable bonds is 9. The van der Waals surface area contributed by atoms with Crippen molar-refractivity contribution in [3.63, 3.8) is 0 Å². The van der Waals surface area contributed by atoms with Crippen LogP contribution in [0.1, 0.15) is 16.7 Å². The molecule has 0 amide bonds. The molecule has 0 unspecified atom stereocenters. The molecule has 0 aliphatic rings. The molecule has 163 valence electrons. The van der Waals surface area contributed by atoms with Gasteiger partial charge in [0, 0.05) is 0 Å². The molecule has 0 saturated heterocycles. The van der Waals surface area contributed by atoms with E-state index in [-0.39, 0.29) is 0 Å². The van der Waals surface area contributed by atoms with Crippen LogP contribution in [0.15, 0.2) is 72.8 Å². The summed E-state index contributed by atoms with van der Waals surface area (Å²) in [4.78, 5) is 6.85. The second-order valence-electron chi connectivity index (χ2n) is 9.06. The molecule has 1 radical (unpaired) electrons. The summed E-state index contributed by atoms with van der Waals surface area (Å²) in [5.41, 5.74) is 4.38. The van der Waals surface area contributed by atoms with Gasteiger partial charge in [0.1, 0.15) is 0 Å². The predicted octanol–water partition coefficient (Wildman–Crippen LogP) is 2.39. The van der Waals surface area contributed by atoms with Crippen LogP contribution in [0.4, 0.5) is 0 Å². The first-order chi connectivity index (χ1) is 14.9. The molecule has 4 heteroatoms. The van der Waals surface area contributed by atoms with Gasteiger partial charge in [0.05, 0.1) is 0 Å². The van der Waals surface area contributed by atoms with Gasteiger partial charge in [-0.2, -0.15) is 0 Å². The van der Waals surface area contributed by atoms with E-state index in [0.29, 0.717) is 0 Å². The molecule has 31 heavy (non-hydrogen) atoms. The van der Waals surface area contributed by atoms with E-state index in [1.807, 2.05) is 0 Å². The topological polar surface area (TPSA) is 9.72 Å². The van der Waals surface area contributed by atoms with Gasteiger partial charge in [-0.1, -0.05) is 0 Å². The number of benzene rings is 3. The van der Waals surface area contributed by atoms with Gasteiger partial charge < -0.3 is 0 Å². The molecule has 0 bridgehead atoms. The van der Waals surface area contributed by atoms with Crippen molar-refractivity contribution in [3.8, 4) is 0 Å². The predicted molar refractivity (Wildman–Crippen MR) is 136 cm³/mol. The van der Waals surface area contributed by atoms with Crippen LogP contribution >= 0.6 is 0 Å². The summed E-state index contributed by atoms with van der Waals surface area (Å²) in [6, 6.07) is 27.4. The summed E-state index contributed by atoms with van der Waals surface area (Å²) in [5.74, 6) is 0. The van der Waals surface area contributed by atoms with Gasteiger partial charge >= 0.3 is 194 Å². The minimum atomic E-state index is -2.06. The van der Waals surface area contributed by atoms with Gasteiger partial charge in [-0.15, -0.1) is 0 Å². The molecule has 0 spiro atoms. The van der Waals surface area contributed by atoms with Crippen LogP contribution < -0.4 is 13.2 Å². The van der Waals surface area contributed by atoms with E-state index >= 15 is 0 Å². The van der Waals surface area contributed by atoms with Crippen LogP contribution in [0.3, 0.4) is 0 Å². The Morgan fingerprint density at radius 3 is 0.968 bits per heavy atom. The van der Waals surface area contributed by atoms with E-state index < -0.39 is 14.3 Å². The van der Waals surface area contributed by atoms with Crippen LogP contribution in [0, 0.1) is 0 Å². The number of hydrogen-bond acceptors (Lipinski definition) is 3. The first-order valence-corrected chi connectivity index (χ1v) is 14.1. The second kappa shape index (κ2) is 11.1. The van der Waals surface area contributed by atoms with Crippen LogP contribution in [-0.2, 0) is 19.6 Å². The number of hydrogen-bond donors (Lipinski definition) is 0. The van der Waals surface area contributed by atoms with Gasteiger partial charge in [0.25, 0.3) is 0 Å². The molecule has 0 aromatic heterocycles. The first-order valence-electron chi connectivity index (χ1n) is 10.9. The molecule has 0 fully saturated rings. The van der Waals surface area contributed by atoms with E-state index in [0.717, 1.165) is 19.6 Å². The maximum absolute atomic E-state index is 2.40. The van der Waals surface area contributed by atoms with Gasteiger partial charge in [0.15, 0.2) is 0 Å². The molecule has 0 heterocycles. The average molecular weight is 475 g/mol. The van der Waals surface area contributed by atoms with Gasteiger partial charge in [0.2, 0.25) is 0 Å². The molecule has 3 aromatic carbocycles. The van der Waals surface area contributed by atoms with Crippen LogP contribution in [-0.4, -0.2) is 71.3 Å².